The number of methoxy groups -OCH3 is 5. The Kier molecular flexibility index (Phi) is 12.5. The third-order valence-electron chi connectivity index (χ3n) is 7.22. The molecule has 13 heteroatoms. The number of anilines is 1. The molecule has 0 unspecified atom stereocenters. The fourth-order valence-electron chi connectivity index (χ4n) is 4.61. The molecule has 2 amide bonds. The second-order valence-corrected chi connectivity index (χ2v) is 12.6. The number of rotatable bonds is 16. The minimum absolute atomic E-state index is 0.00574. The molecule has 0 heterocycles. The van der Waals surface area contributed by atoms with Gasteiger partial charge in [0.1, 0.15) is 29.8 Å². The predicted octanol–water partition coefficient (Wildman–Crippen LogP) is 4.11. The van der Waals surface area contributed by atoms with Crippen molar-refractivity contribution < 1.29 is 41.7 Å². The Morgan fingerprint density at radius 2 is 1.39 bits per heavy atom. The molecule has 3 aromatic carbocycles. The van der Waals surface area contributed by atoms with Crippen molar-refractivity contribution >= 4 is 27.5 Å². The number of carbonyl (C=O) groups is 2. The third kappa shape index (κ3) is 8.53. The van der Waals surface area contributed by atoms with E-state index in [9.17, 15) is 18.0 Å². The molecule has 0 aliphatic carbocycles. The Morgan fingerprint density at radius 1 is 0.761 bits per heavy atom. The zero-order chi connectivity index (χ0) is 34.0. The highest BCUT2D eigenvalue weighted by atomic mass is 32.2. The topological polar surface area (TPSA) is 133 Å². The van der Waals surface area contributed by atoms with Crippen molar-refractivity contribution in [2.75, 3.05) is 52.9 Å². The van der Waals surface area contributed by atoms with E-state index in [1.165, 1.54) is 64.7 Å². The molecular weight excluding hydrogens is 614 g/mol. The maximum absolute atomic E-state index is 14.4. The minimum Gasteiger partial charge on any atom is -0.497 e. The van der Waals surface area contributed by atoms with Gasteiger partial charge in [0.15, 0.2) is 11.5 Å². The molecule has 1 atom stereocenters. The molecule has 0 radical (unpaired) electrons. The summed E-state index contributed by atoms with van der Waals surface area (Å²) in [5, 5.41) is 2.87. The van der Waals surface area contributed by atoms with Crippen molar-refractivity contribution in [3.8, 4) is 28.7 Å². The van der Waals surface area contributed by atoms with Gasteiger partial charge in [-0.2, -0.15) is 0 Å². The minimum atomic E-state index is -4.45. The van der Waals surface area contributed by atoms with Crippen LogP contribution in [-0.4, -0.2) is 79.8 Å². The lowest BCUT2D eigenvalue weighted by Crippen LogP contribution is -2.51. The van der Waals surface area contributed by atoms with E-state index >= 15 is 0 Å². The third-order valence-corrected chi connectivity index (χ3v) is 8.97. The summed E-state index contributed by atoms with van der Waals surface area (Å²) >= 11 is 0. The zero-order valence-electron chi connectivity index (χ0n) is 27.5. The van der Waals surface area contributed by atoms with Gasteiger partial charge in [0.2, 0.25) is 11.8 Å². The van der Waals surface area contributed by atoms with Gasteiger partial charge in [0, 0.05) is 25.2 Å². The molecule has 0 saturated heterocycles. The first-order chi connectivity index (χ1) is 21.9. The van der Waals surface area contributed by atoms with E-state index in [4.69, 9.17) is 23.7 Å². The molecule has 1 N–H and O–H groups in total. The van der Waals surface area contributed by atoms with Crippen LogP contribution in [0, 0.1) is 5.92 Å². The van der Waals surface area contributed by atoms with Crippen LogP contribution in [0.4, 0.5) is 5.69 Å². The van der Waals surface area contributed by atoms with E-state index in [-0.39, 0.29) is 40.5 Å². The SMILES string of the molecule is COc1cccc(CN(C(=O)CN(c2cc(OC)ccc2OC)S(=O)(=O)c2ccc(OC)c(OC)c2)[C@@H](C)C(=O)NCC(C)C)c1. The van der Waals surface area contributed by atoms with E-state index in [1.54, 1.807) is 43.3 Å². The fourth-order valence-corrected chi connectivity index (χ4v) is 6.04. The molecule has 250 valence electrons. The van der Waals surface area contributed by atoms with Crippen LogP contribution in [-0.2, 0) is 26.2 Å². The number of hydrogen-bond donors (Lipinski definition) is 1. The number of amides is 2. The Morgan fingerprint density at radius 3 is 2.00 bits per heavy atom. The van der Waals surface area contributed by atoms with Gasteiger partial charge >= 0.3 is 0 Å². The second-order valence-electron chi connectivity index (χ2n) is 10.8. The Balaban J connectivity index is 2.16. The summed E-state index contributed by atoms with van der Waals surface area (Å²) in [4.78, 5) is 28.8. The molecule has 0 aliphatic heterocycles. The Hall–Kier alpha value is -4.65. The number of benzene rings is 3. The van der Waals surface area contributed by atoms with Crippen LogP contribution in [0.3, 0.4) is 0 Å². The van der Waals surface area contributed by atoms with Gasteiger partial charge in [-0.3, -0.25) is 13.9 Å². The molecule has 3 aromatic rings. The normalized spacial score (nSPS) is 11.8. The van der Waals surface area contributed by atoms with Crippen LogP contribution in [0.25, 0.3) is 0 Å². The summed E-state index contributed by atoms with van der Waals surface area (Å²) in [6.45, 7) is 5.26. The lowest BCUT2D eigenvalue weighted by molar-refractivity contribution is -0.139. The van der Waals surface area contributed by atoms with Crippen molar-refractivity contribution in [3.05, 3.63) is 66.2 Å². The number of nitrogens with zero attached hydrogens (tertiary/aromatic N) is 2. The Labute approximate surface area is 271 Å². The van der Waals surface area contributed by atoms with Crippen molar-refractivity contribution in [1.29, 1.82) is 0 Å². The van der Waals surface area contributed by atoms with Gasteiger partial charge in [-0.05, 0) is 54.8 Å². The highest BCUT2D eigenvalue weighted by molar-refractivity contribution is 7.92. The van der Waals surface area contributed by atoms with Crippen LogP contribution >= 0.6 is 0 Å². The molecule has 12 nitrogen and oxygen atoms in total. The van der Waals surface area contributed by atoms with Crippen molar-refractivity contribution in [3.63, 3.8) is 0 Å². The summed E-state index contributed by atoms with van der Waals surface area (Å²) in [7, 11) is 2.74. The van der Waals surface area contributed by atoms with E-state index in [0.717, 1.165) is 4.31 Å². The second kappa shape index (κ2) is 16.1. The number of carbonyl (C=O) groups excluding carboxylic acids is 2. The summed E-state index contributed by atoms with van der Waals surface area (Å²) in [6, 6.07) is 14.9. The monoisotopic (exact) mass is 657 g/mol. The van der Waals surface area contributed by atoms with Gasteiger partial charge in [-0.15, -0.1) is 0 Å². The summed E-state index contributed by atoms with van der Waals surface area (Å²) in [5.74, 6) is 0.769. The lowest BCUT2D eigenvalue weighted by Gasteiger charge is -2.32. The molecule has 0 aromatic heterocycles. The molecule has 0 saturated carbocycles. The maximum Gasteiger partial charge on any atom is 0.265 e. The van der Waals surface area contributed by atoms with Crippen molar-refractivity contribution in [1.82, 2.24) is 10.2 Å². The summed E-state index contributed by atoms with van der Waals surface area (Å²) in [6.07, 6.45) is 0. The van der Waals surface area contributed by atoms with E-state index < -0.39 is 28.5 Å². The first-order valence-corrected chi connectivity index (χ1v) is 16.0. The number of nitrogens with one attached hydrogen (secondary N) is 1. The Bertz CT molecular complexity index is 1610. The standard InChI is InChI=1S/C33H43N3O9S/c1-22(2)19-34-33(38)23(3)35(20-24-10-9-11-25(16-24)41-4)32(37)21-36(28-17-26(42-5)12-14-29(28)43-6)46(39,40)27-13-15-30(44-7)31(18-27)45-8/h9-18,22-23H,19-21H2,1-8H3,(H,34,38)/t23-/m0/s1. The van der Waals surface area contributed by atoms with Crippen molar-refractivity contribution in [2.45, 2.75) is 38.3 Å². The maximum atomic E-state index is 14.4. The number of ether oxygens (including phenoxy) is 5. The fraction of sp³-hybridized carbons (Fsp3) is 0.394. The quantitative estimate of drug-likeness (QED) is 0.242. The highest BCUT2D eigenvalue weighted by Gasteiger charge is 2.34. The molecular formula is C33H43N3O9S. The van der Waals surface area contributed by atoms with Gasteiger partial charge in [-0.25, -0.2) is 8.42 Å². The summed E-state index contributed by atoms with van der Waals surface area (Å²) in [5.41, 5.74) is 0.743. The largest absolute Gasteiger partial charge is 0.497 e. The molecule has 46 heavy (non-hydrogen) atoms. The van der Waals surface area contributed by atoms with E-state index in [0.29, 0.717) is 29.4 Å². The molecule has 3 rings (SSSR count). The highest BCUT2D eigenvalue weighted by Crippen LogP contribution is 2.38. The van der Waals surface area contributed by atoms with Gasteiger partial charge in [0.25, 0.3) is 10.0 Å². The van der Waals surface area contributed by atoms with Crippen LogP contribution in [0.5, 0.6) is 28.7 Å². The van der Waals surface area contributed by atoms with Crippen LogP contribution < -0.4 is 33.3 Å². The first-order valence-electron chi connectivity index (χ1n) is 14.6. The average Bonchev–Trinajstić information content (AvgIpc) is 3.07. The molecule has 0 aliphatic rings. The number of sulfonamides is 1. The lowest BCUT2D eigenvalue weighted by atomic mass is 10.1. The number of hydrogen-bond acceptors (Lipinski definition) is 9. The van der Waals surface area contributed by atoms with Crippen LogP contribution in [0.2, 0.25) is 0 Å². The van der Waals surface area contributed by atoms with Crippen LogP contribution in [0.1, 0.15) is 26.3 Å². The first kappa shape index (κ1) is 35.8. The molecule has 0 bridgehead atoms. The van der Waals surface area contributed by atoms with Crippen LogP contribution in [0.15, 0.2) is 65.6 Å². The van der Waals surface area contributed by atoms with Gasteiger partial charge in [0.05, 0.1) is 46.1 Å². The smallest absolute Gasteiger partial charge is 0.265 e. The van der Waals surface area contributed by atoms with E-state index in [2.05, 4.69) is 5.32 Å². The zero-order valence-corrected chi connectivity index (χ0v) is 28.3. The van der Waals surface area contributed by atoms with E-state index in [1.807, 2.05) is 13.8 Å². The van der Waals surface area contributed by atoms with Gasteiger partial charge < -0.3 is 33.9 Å². The van der Waals surface area contributed by atoms with Crippen molar-refractivity contribution in [2.24, 2.45) is 5.92 Å². The predicted molar refractivity (Wildman–Crippen MR) is 174 cm³/mol. The molecule has 0 fully saturated rings. The van der Waals surface area contributed by atoms with Gasteiger partial charge in [-0.1, -0.05) is 26.0 Å². The summed E-state index contributed by atoms with van der Waals surface area (Å²) < 4.78 is 56.7. The average molecular weight is 658 g/mol. The molecule has 0 spiro atoms.